The maximum atomic E-state index is 10.8. The van der Waals surface area contributed by atoms with Gasteiger partial charge in [0.25, 0.3) is 0 Å². The molecule has 0 aromatic heterocycles. The zero-order chi connectivity index (χ0) is 20.6. The quantitative estimate of drug-likeness (QED) is 0.522. The first-order valence-corrected chi connectivity index (χ1v) is 10.3. The minimum absolute atomic E-state index is 0.214. The summed E-state index contributed by atoms with van der Waals surface area (Å²) in [7, 11) is 1.90. The van der Waals surface area contributed by atoms with Gasteiger partial charge in [0.2, 0.25) is 0 Å². The Labute approximate surface area is 169 Å². The van der Waals surface area contributed by atoms with E-state index in [1.54, 1.807) is 0 Å². The van der Waals surface area contributed by atoms with E-state index in [9.17, 15) is 4.79 Å². The van der Waals surface area contributed by atoms with Gasteiger partial charge >= 0.3 is 5.97 Å². The van der Waals surface area contributed by atoms with Gasteiger partial charge in [-0.3, -0.25) is 9.79 Å². The number of hydrogen-bond acceptors (Lipinski definition) is 2. The van der Waals surface area contributed by atoms with E-state index in [2.05, 4.69) is 75.4 Å². The number of rotatable bonds is 10. The largest absolute Gasteiger partial charge is 0.481 e. The van der Waals surface area contributed by atoms with Gasteiger partial charge in [-0.1, -0.05) is 75.4 Å². The number of benzene rings is 2. The first kappa shape index (κ1) is 21.9. The third-order valence-corrected chi connectivity index (χ3v) is 5.38. The van der Waals surface area contributed by atoms with Crippen molar-refractivity contribution >= 4 is 11.7 Å². The van der Waals surface area contributed by atoms with Crippen molar-refractivity contribution < 1.29 is 9.90 Å². The lowest BCUT2D eigenvalue weighted by atomic mass is 9.65. The molecule has 28 heavy (non-hydrogen) atoms. The average molecular weight is 380 g/mol. The second-order valence-corrected chi connectivity index (χ2v) is 7.84. The summed E-state index contributed by atoms with van der Waals surface area (Å²) in [5.74, 6) is -0.220. The van der Waals surface area contributed by atoms with Crippen LogP contribution in [0.3, 0.4) is 0 Å². The second kappa shape index (κ2) is 10.2. The van der Waals surface area contributed by atoms with Crippen LogP contribution in [0.2, 0.25) is 0 Å². The fraction of sp³-hybridized carbons (Fsp3) is 0.440. The Kier molecular flexibility index (Phi) is 7.98. The Morgan fingerprint density at radius 1 is 1.04 bits per heavy atom. The molecule has 0 fully saturated rings. The lowest BCUT2D eigenvalue weighted by Crippen LogP contribution is -2.38. The van der Waals surface area contributed by atoms with Gasteiger partial charge < -0.3 is 5.11 Å². The fourth-order valence-electron chi connectivity index (χ4n) is 4.24. The van der Waals surface area contributed by atoms with E-state index in [0.29, 0.717) is 12.3 Å². The summed E-state index contributed by atoms with van der Waals surface area (Å²) >= 11 is 0. The van der Waals surface area contributed by atoms with Crippen LogP contribution in [0, 0.1) is 5.92 Å². The highest BCUT2D eigenvalue weighted by Crippen LogP contribution is 2.41. The van der Waals surface area contributed by atoms with E-state index >= 15 is 0 Å². The summed E-state index contributed by atoms with van der Waals surface area (Å²) in [5.41, 5.74) is 4.69. The van der Waals surface area contributed by atoms with Crippen LogP contribution in [-0.2, 0) is 16.6 Å². The summed E-state index contributed by atoms with van der Waals surface area (Å²) in [6.07, 6.45) is 3.57. The standard InChI is InChI=1S/C25H33NO2/c1-5-23(26-4)25(18-19(2)3,21-11-7-6-8-12-21)22-16-14-20(15-17-22)10-9-13-24(27)28/h6-8,11-12,14-17,19H,5,9-10,13,18H2,1-4H3,(H,27,28)/b26-23+. The summed E-state index contributed by atoms with van der Waals surface area (Å²) in [6, 6.07) is 19.4. The maximum absolute atomic E-state index is 10.8. The molecule has 0 aliphatic carbocycles. The molecule has 2 rings (SSSR count). The molecule has 0 spiro atoms. The topological polar surface area (TPSA) is 49.7 Å². The Balaban J connectivity index is 2.50. The Hall–Kier alpha value is -2.42. The first-order valence-electron chi connectivity index (χ1n) is 10.3. The number of aliphatic carboxylic acids is 1. The molecule has 0 aliphatic heterocycles. The van der Waals surface area contributed by atoms with Crippen molar-refractivity contribution in [2.45, 2.75) is 58.3 Å². The van der Waals surface area contributed by atoms with Gasteiger partial charge in [0.05, 0.1) is 5.41 Å². The molecule has 3 heteroatoms. The molecule has 1 unspecified atom stereocenters. The van der Waals surface area contributed by atoms with Crippen LogP contribution in [0.4, 0.5) is 0 Å². The molecule has 0 amide bonds. The number of aliphatic imine (C=N–C) groups is 1. The van der Waals surface area contributed by atoms with Crippen molar-refractivity contribution in [3.63, 3.8) is 0 Å². The van der Waals surface area contributed by atoms with Gasteiger partial charge in [0.15, 0.2) is 0 Å². The minimum Gasteiger partial charge on any atom is -0.481 e. The molecule has 0 aliphatic rings. The van der Waals surface area contributed by atoms with E-state index in [-0.39, 0.29) is 11.8 Å². The zero-order valence-electron chi connectivity index (χ0n) is 17.6. The summed E-state index contributed by atoms with van der Waals surface area (Å²) in [6.45, 7) is 6.71. The van der Waals surface area contributed by atoms with Gasteiger partial charge in [0, 0.05) is 19.2 Å². The zero-order valence-corrected chi connectivity index (χ0v) is 17.6. The Morgan fingerprint density at radius 3 is 2.14 bits per heavy atom. The van der Waals surface area contributed by atoms with Gasteiger partial charge in [-0.25, -0.2) is 0 Å². The normalized spacial score (nSPS) is 14.1. The molecule has 0 radical (unpaired) electrons. The molecule has 2 aromatic rings. The third kappa shape index (κ3) is 5.09. The minimum atomic E-state index is -0.733. The molecule has 3 nitrogen and oxygen atoms in total. The maximum Gasteiger partial charge on any atom is 0.303 e. The number of carbonyl (C=O) groups is 1. The van der Waals surface area contributed by atoms with E-state index in [1.165, 1.54) is 22.4 Å². The molecule has 150 valence electrons. The fourth-order valence-corrected chi connectivity index (χ4v) is 4.24. The van der Waals surface area contributed by atoms with Crippen molar-refractivity contribution in [3.05, 3.63) is 71.3 Å². The smallest absolute Gasteiger partial charge is 0.303 e. The lowest BCUT2D eigenvalue weighted by molar-refractivity contribution is -0.137. The molecule has 1 atom stereocenters. The van der Waals surface area contributed by atoms with E-state index in [4.69, 9.17) is 10.1 Å². The van der Waals surface area contributed by atoms with Crippen LogP contribution >= 0.6 is 0 Å². The van der Waals surface area contributed by atoms with Crippen molar-refractivity contribution in [2.75, 3.05) is 7.05 Å². The van der Waals surface area contributed by atoms with E-state index in [1.807, 2.05) is 7.05 Å². The second-order valence-electron chi connectivity index (χ2n) is 7.84. The predicted octanol–water partition coefficient (Wildman–Crippen LogP) is 5.91. The molecule has 0 saturated carbocycles. The van der Waals surface area contributed by atoms with Crippen LogP contribution in [0.15, 0.2) is 59.6 Å². The Morgan fingerprint density at radius 2 is 1.64 bits per heavy atom. The molecule has 1 N–H and O–H groups in total. The van der Waals surface area contributed by atoms with Gasteiger partial charge in [0.1, 0.15) is 0 Å². The van der Waals surface area contributed by atoms with Crippen LogP contribution in [0.25, 0.3) is 0 Å². The van der Waals surface area contributed by atoms with E-state index < -0.39 is 5.97 Å². The first-order chi connectivity index (χ1) is 13.4. The number of aryl methyl sites for hydroxylation is 1. The highest BCUT2D eigenvalue weighted by Gasteiger charge is 2.38. The molecular weight excluding hydrogens is 346 g/mol. The summed E-state index contributed by atoms with van der Waals surface area (Å²) in [5, 5.41) is 8.85. The van der Waals surface area contributed by atoms with Crippen molar-refractivity contribution in [3.8, 4) is 0 Å². The van der Waals surface area contributed by atoms with Crippen molar-refractivity contribution in [2.24, 2.45) is 10.9 Å². The van der Waals surface area contributed by atoms with Gasteiger partial charge in [-0.2, -0.15) is 0 Å². The molecule has 0 bridgehead atoms. The van der Waals surface area contributed by atoms with E-state index in [0.717, 1.165) is 19.3 Å². The third-order valence-electron chi connectivity index (χ3n) is 5.38. The highest BCUT2D eigenvalue weighted by molar-refractivity contribution is 5.98. The number of nitrogens with zero attached hydrogens (tertiary/aromatic N) is 1. The van der Waals surface area contributed by atoms with Crippen LogP contribution in [0.1, 0.15) is 63.1 Å². The molecular formula is C25H33NO2. The average Bonchev–Trinajstić information content (AvgIpc) is 2.68. The van der Waals surface area contributed by atoms with Crippen molar-refractivity contribution in [1.29, 1.82) is 0 Å². The predicted molar refractivity (Wildman–Crippen MR) is 117 cm³/mol. The van der Waals surface area contributed by atoms with Crippen LogP contribution < -0.4 is 0 Å². The van der Waals surface area contributed by atoms with Gasteiger partial charge in [-0.05, 0) is 48.3 Å². The molecule has 0 saturated heterocycles. The molecule has 0 heterocycles. The van der Waals surface area contributed by atoms with Crippen LogP contribution in [0.5, 0.6) is 0 Å². The van der Waals surface area contributed by atoms with Crippen molar-refractivity contribution in [1.82, 2.24) is 0 Å². The van der Waals surface area contributed by atoms with Gasteiger partial charge in [-0.15, -0.1) is 0 Å². The number of hydrogen-bond donors (Lipinski definition) is 1. The number of carboxylic acids is 1. The summed E-state index contributed by atoms with van der Waals surface area (Å²) in [4.78, 5) is 15.5. The summed E-state index contributed by atoms with van der Waals surface area (Å²) < 4.78 is 0. The SMILES string of the molecule is CC/C(=N\C)C(CC(C)C)(c1ccccc1)c1ccc(CCCC(=O)O)cc1. The van der Waals surface area contributed by atoms with Crippen LogP contribution in [-0.4, -0.2) is 23.8 Å². The Bertz CT molecular complexity index is 778. The molecule has 2 aromatic carbocycles. The monoisotopic (exact) mass is 379 g/mol. The highest BCUT2D eigenvalue weighted by atomic mass is 16.4. The number of carboxylic acid groups (broad SMARTS) is 1. The lowest BCUT2D eigenvalue weighted by Gasteiger charge is -2.38.